The molecule has 0 spiro atoms. The molecule has 1 amide bonds. The average Bonchev–Trinajstić information content (AvgIpc) is 3.04. The monoisotopic (exact) mass is 457 g/mol. The van der Waals surface area contributed by atoms with E-state index in [0.717, 1.165) is 11.8 Å². The molecule has 0 radical (unpaired) electrons. The Kier molecular flexibility index (Phi) is 6.09. The highest BCUT2D eigenvalue weighted by atomic mass is 35.5. The van der Waals surface area contributed by atoms with Gasteiger partial charge in [-0.2, -0.15) is 0 Å². The number of nitrogens with one attached hydrogen (secondary N) is 1. The molecule has 0 atom stereocenters. The van der Waals surface area contributed by atoms with Crippen molar-refractivity contribution in [2.45, 2.75) is 10.1 Å². The van der Waals surface area contributed by atoms with Gasteiger partial charge in [0, 0.05) is 18.7 Å². The van der Waals surface area contributed by atoms with Crippen LogP contribution in [0.3, 0.4) is 0 Å². The molecule has 144 valence electrons. The first-order chi connectivity index (χ1) is 13.3. The van der Waals surface area contributed by atoms with Crippen molar-refractivity contribution < 1.29 is 9.72 Å². The second kappa shape index (κ2) is 8.36. The summed E-state index contributed by atoms with van der Waals surface area (Å²) in [6, 6.07) is 6.91. The molecule has 12 heteroatoms. The van der Waals surface area contributed by atoms with Gasteiger partial charge in [-0.25, -0.2) is 0 Å². The summed E-state index contributed by atoms with van der Waals surface area (Å²) < 4.78 is 1.63. The van der Waals surface area contributed by atoms with Gasteiger partial charge in [0.05, 0.1) is 30.6 Å². The highest BCUT2D eigenvalue weighted by Crippen LogP contribution is 2.35. The van der Waals surface area contributed by atoms with Crippen LogP contribution in [0.15, 0.2) is 46.7 Å². The van der Waals surface area contributed by atoms with Gasteiger partial charge < -0.3 is 9.88 Å². The molecule has 0 bridgehead atoms. The largest absolute Gasteiger partial charge is 0.321 e. The number of nitro benzene ring substituents is 1. The Balaban J connectivity index is 1.89. The Morgan fingerprint density at radius 3 is 2.54 bits per heavy atom. The number of nitro groups is 1. The number of nitrogens with zero attached hydrogens (tertiary/aromatic N) is 4. The predicted molar refractivity (Wildman–Crippen MR) is 108 cm³/mol. The summed E-state index contributed by atoms with van der Waals surface area (Å²) in [4.78, 5) is 23.7. The Hall–Kier alpha value is -2.33. The minimum absolute atomic E-state index is 0.0798. The summed E-state index contributed by atoms with van der Waals surface area (Å²) in [5.74, 6) is -0.585. The van der Waals surface area contributed by atoms with Gasteiger partial charge in [0.2, 0.25) is 0 Å². The van der Waals surface area contributed by atoms with E-state index in [0.29, 0.717) is 10.1 Å². The smallest absolute Gasteiger partial charge is 0.284 e. The van der Waals surface area contributed by atoms with Crippen LogP contribution in [-0.2, 0) is 7.05 Å². The Morgan fingerprint density at radius 1 is 1.18 bits per heavy atom. The van der Waals surface area contributed by atoms with E-state index in [1.807, 2.05) is 0 Å². The van der Waals surface area contributed by atoms with E-state index in [1.165, 1.54) is 36.7 Å². The minimum atomic E-state index is -0.585. The van der Waals surface area contributed by atoms with Gasteiger partial charge in [0.1, 0.15) is 6.33 Å². The van der Waals surface area contributed by atoms with Crippen LogP contribution in [0.1, 0.15) is 10.4 Å². The number of rotatable bonds is 5. The van der Waals surface area contributed by atoms with Crippen LogP contribution in [0.25, 0.3) is 0 Å². The lowest BCUT2D eigenvalue weighted by Crippen LogP contribution is -2.12. The van der Waals surface area contributed by atoms with Crippen molar-refractivity contribution in [3.05, 3.63) is 67.4 Å². The van der Waals surface area contributed by atoms with E-state index in [2.05, 4.69) is 15.5 Å². The molecule has 0 unspecified atom stereocenters. The van der Waals surface area contributed by atoms with Crippen LogP contribution < -0.4 is 5.32 Å². The first kappa shape index (κ1) is 20.4. The molecule has 8 nitrogen and oxygen atoms in total. The van der Waals surface area contributed by atoms with E-state index in [4.69, 9.17) is 34.8 Å². The van der Waals surface area contributed by atoms with Crippen LogP contribution in [0, 0.1) is 10.1 Å². The lowest BCUT2D eigenvalue weighted by molar-refractivity contribution is -0.387. The fraction of sp³-hybridized carbons (Fsp3) is 0.0625. The SMILES string of the molecule is Cn1cnnc1Sc1ccc(C(=O)Nc2cc(Cl)c(Cl)cc2Cl)cc1[N+](=O)[O-]. The highest BCUT2D eigenvalue weighted by molar-refractivity contribution is 7.99. The molecule has 1 aromatic heterocycles. The average molecular weight is 459 g/mol. The molecule has 1 N–H and O–H groups in total. The zero-order valence-corrected chi connectivity index (χ0v) is 17.1. The molecule has 3 aromatic rings. The number of benzene rings is 2. The first-order valence-electron chi connectivity index (χ1n) is 7.52. The number of carbonyl (C=O) groups excluding carboxylic acids is 1. The summed E-state index contributed by atoms with van der Waals surface area (Å²) >= 11 is 18.9. The molecule has 2 aromatic carbocycles. The third-order valence-electron chi connectivity index (χ3n) is 3.55. The molecule has 0 fully saturated rings. The van der Waals surface area contributed by atoms with E-state index in [1.54, 1.807) is 11.6 Å². The van der Waals surface area contributed by atoms with Gasteiger partial charge in [0.15, 0.2) is 5.16 Å². The number of aromatic nitrogens is 3. The Labute approximate surface area is 177 Å². The molecule has 28 heavy (non-hydrogen) atoms. The van der Waals surface area contributed by atoms with E-state index < -0.39 is 10.8 Å². The molecule has 0 aliphatic rings. The number of hydrogen-bond donors (Lipinski definition) is 1. The number of anilines is 1. The summed E-state index contributed by atoms with van der Waals surface area (Å²) in [7, 11) is 1.72. The Bertz CT molecular complexity index is 1090. The molecule has 3 rings (SSSR count). The van der Waals surface area contributed by atoms with Crippen molar-refractivity contribution in [2.24, 2.45) is 7.05 Å². The lowest BCUT2D eigenvalue weighted by atomic mass is 10.2. The molecule has 0 saturated carbocycles. The molecule has 0 aliphatic heterocycles. The maximum Gasteiger partial charge on any atom is 0.284 e. The van der Waals surface area contributed by atoms with Crippen LogP contribution in [0.2, 0.25) is 15.1 Å². The van der Waals surface area contributed by atoms with Gasteiger partial charge in [0.25, 0.3) is 11.6 Å². The summed E-state index contributed by atoms with van der Waals surface area (Å²) in [5, 5.41) is 22.8. The summed E-state index contributed by atoms with van der Waals surface area (Å²) in [5.41, 5.74) is 0.0818. The fourth-order valence-corrected chi connectivity index (χ4v) is 3.61. The Morgan fingerprint density at radius 2 is 1.89 bits per heavy atom. The zero-order valence-electron chi connectivity index (χ0n) is 14.0. The third kappa shape index (κ3) is 4.39. The minimum Gasteiger partial charge on any atom is -0.321 e. The molecular weight excluding hydrogens is 449 g/mol. The number of carbonyl (C=O) groups is 1. The van der Waals surface area contributed by atoms with E-state index >= 15 is 0 Å². The molecule has 0 saturated heterocycles. The molecule has 0 aliphatic carbocycles. The van der Waals surface area contributed by atoms with Gasteiger partial charge in [-0.15, -0.1) is 10.2 Å². The van der Waals surface area contributed by atoms with Crippen LogP contribution >= 0.6 is 46.6 Å². The van der Waals surface area contributed by atoms with Crippen molar-refractivity contribution in [2.75, 3.05) is 5.32 Å². The van der Waals surface area contributed by atoms with Crippen molar-refractivity contribution in [3.8, 4) is 0 Å². The second-order valence-electron chi connectivity index (χ2n) is 5.47. The van der Waals surface area contributed by atoms with Gasteiger partial charge >= 0.3 is 0 Å². The van der Waals surface area contributed by atoms with Gasteiger partial charge in [-0.3, -0.25) is 14.9 Å². The fourth-order valence-electron chi connectivity index (χ4n) is 2.16. The topological polar surface area (TPSA) is 103 Å². The van der Waals surface area contributed by atoms with Crippen LogP contribution in [0.4, 0.5) is 11.4 Å². The van der Waals surface area contributed by atoms with Crippen molar-refractivity contribution in [1.82, 2.24) is 14.8 Å². The number of hydrogen-bond acceptors (Lipinski definition) is 6. The molecular formula is C16H10Cl3N5O3S. The van der Waals surface area contributed by atoms with Gasteiger partial charge in [-0.1, -0.05) is 34.8 Å². The number of halogens is 3. The van der Waals surface area contributed by atoms with Crippen LogP contribution in [-0.4, -0.2) is 25.6 Å². The van der Waals surface area contributed by atoms with Crippen molar-refractivity contribution in [1.29, 1.82) is 0 Å². The second-order valence-corrected chi connectivity index (χ2v) is 7.70. The maximum atomic E-state index is 12.5. The zero-order chi connectivity index (χ0) is 20.4. The van der Waals surface area contributed by atoms with Crippen LogP contribution in [0.5, 0.6) is 0 Å². The summed E-state index contributed by atoms with van der Waals surface area (Å²) in [6.45, 7) is 0. The van der Waals surface area contributed by atoms with Gasteiger partial charge in [-0.05, 0) is 36.0 Å². The standard InChI is InChI=1S/C16H10Cl3N5O3S/c1-23-7-20-22-16(23)28-14-3-2-8(4-13(14)24(26)27)15(25)21-12-6-10(18)9(17)5-11(12)19/h2-7H,1H3,(H,21,25). The quantitative estimate of drug-likeness (QED) is 0.324. The number of amides is 1. The lowest BCUT2D eigenvalue weighted by Gasteiger charge is -2.09. The van der Waals surface area contributed by atoms with E-state index in [9.17, 15) is 14.9 Å². The third-order valence-corrected chi connectivity index (χ3v) is 5.70. The maximum absolute atomic E-state index is 12.5. The predicted octanol–water partition coefficient (Wildman–Crippen LogP) is 5.09. The number of aryl methyl sites for hydroxylation is 1. The first-order valence-corrected chi connectivity index (χ1v) is 9.47. The molecule has 1 heterocycles. The van der Waals surface area contributed by atoms with E-state index in [-0.39, 0.29) is 32.0 Å². The summed E-state index contributed by atoms with van der Waals surface area (Å²) in [6.07, 6.45) is 1.48. The van der Waals surface area contributed by atoms with Crippen molar-refractivity contribution >= 4 is 63.8 Å². The normalized spacial score (nSPS) is 10.7. The highest BCUT2D eigenvalue weighted by Gasteiger charge is 2.20. The van der Waals surface area contributed by atoms with Crippen molar-refractivity contribution in [3.63, 3.8) is 0 Å².